The molecule has 0 bridgehead atoms. The topological polar surface area (TPSA) is 56.7 Å². The first-order valence-electron chi connectivity index (χ1n) is 22.1. The molecule has 0 spiro atoms. The summed E-state index contributed by atoms with van der Waals surface area (Å²) >= 11 is -1.87. The zero-order valence-electron chi connectivity index (χ0n) is 38.5. The maximum absolute atomic E-state index is 6.44. The van der Waals surface area contributed by atoms with Crippen LogP contribution < -0.4 is 4.40 Å². The van der Waals surface area contributed by atoms with Gasteiger partial charge in [0.05, 0.1) is 22.4 Å². The van der Waals surface area contributed by atoms with Crippen LogP contribution in [0.1, 0.15) is 81.3 Å². The van der Waals surface area contributed by atoms with Gasteiger partial charge in [-0.25, -0.2) is 4.98 Å². The third kappa shape index (κ3) is 9.55. The number of rotatable bonds is 9. The van der Waals surface area contributed by atoms with Crippen molar-refractivity contribution >= 4 is 50.8 Å². The molecule has 9 aromatic rings. The molecule has 323 valence electrons. The van der Waals surface area contributed by atoms with Crippen molar-refractivity contribution in [1.82, 2.24) is 19.5 Å². The first kappa shape index (κ1) is 45.9. The van der Waals surface area contributed by atoms with Gasteiger partial charge in [0.15, 0.2) is 0 Å². The molecule has 0 N–H and O–H groups in total. The van der Waals surface area contributed by atoms with Crippen molar-refractivity contribution in [2.75, 3.05) is 0 Å². The van der Waals surface area contributed by atoms with Crippen LogP contribution in [-0.2, 0) is 26.5 Å². The summed E-state index contributed by atoms with van der Waals surface area (Å²) in [4.78, 5) is 14.6. The number of hydrogen-bond acceptors (Lipinski definition) is 4. The molecule has 0 aliphatic carbocycles. The summed E-state index contributed by atoms with van der Waals surface area (Å²) in [6.45, 7) is 17.8. The summed E-state index contributed by atoms with van der Waals surface area (Å²) in [6.07, 6.45) is 3.28. The molecule has 5 nitrogen and oxygen atoms in total. The Morgan fingerprint density at radius 2 is 1.41 bits per heavy atom. The van der Waals surface area contributed by atoms with Crippen molar-refractivity contribution < 1.29 is 24.5 Å². The molecule has 0 saturated carbocycles. The minimum absolute atomic E-state index is 0. The molecule has 0 saturated heterocycles. The van der Waals surface area contributed by atoms with Gasteiger partial charge in [-0.1, -0.05) is 81.1 Å². The zero-order valence-corrected chi connectivity index (χ0v) is 43.0. The van der Waals surface area contributed by atoms with Crippen LogP contribution in [0.15, 0.2) is 126 Å². The number of fused-ring (bicyclic) bond motifs is 4. The fourth-order valence-electron chi connectivity index (χ4n) is 8.51. The van der Waals surface area contributed by atoms with Gasteiger partial charge in [0.25, 0.3) is 0 Å². The summed E-state index contributed by atoms with van der Waals surface area (Å²) in [5, 5.41) is 2.02. The second kappa shape index (κ2) is 18.9. The predicted molar refractivity (Wildman–Crippen MR) is 264 cm³/mol. The van der Waals surface area contributed by atoms with Gasteiger partial charge in [-0.3, -0.25) is 4.98 Å². The molecular formula is C56H58GeIrN4O-2. The van der Waals surface area contributed by atoms with Crippen LogP contribution in [0.5, 0.6) is 0 Å². The van der Waals surface area contributed by atoms with Crippen LogP contribution in [0.25, 0.3) is 72.6 Å². The molecule has 63 heavy (non-hydrogen) atoms. The summed E-state index contributed by atoms with van der Waals surface area (Å²) in [5.41, 5.74) is 16.3. The summed E-state index contributed by atoms with van der Waals surface area (Å²) in [7, 11) is 0. The van der Waals surface area contributed by atoms with E-state index in [2.05, 4.69) is 185 Å². The third-order valence-corrected chi connectivity index (χ3v) is 16.0. The van der Waals surface area contributed by atoms with E-state index in [9.17, 15) is 0 Å². The summed E-state index contributed by atoms with van der Waals surface area (Å²) < 4.78 is 10.3. The predicted octanol–water partition coefficient (Wildman–Crippen LogP) is 14.6. The second-order valence-corrected chi connectivity index (χ2v) is 29.4. The number of nitrogens with zero attached hydrogens (tertiary/aromatic N) is 4. The molecule has 0 aliphatic rings. The van der Waals surface area contributed by atoms with E-state index in [0.29, 0.717) is 23.5 Å². The minimum atomic E-state index is -1.87. The van der Waals surface area contributed by atoms with Gasteiger partial charge in [-0.2, -0.15) is 0 Å². The van der Waals surface area contributed by atoms with E-state index in [1.807, 2.05) is 31.2 Å². The first-order valence-corrected chi connectivity index (χ1v) is 29.4. The van der Waals surface area contributed by atoms with Gasteiger partial charge in [0.2, 0.25) is 5.71 Å². The molecule has 9 rings (SSSR count). The average Bonchev–Trinajstić information content (AvgIpc) is 3.81. The molecule has 4 heterocycles. The van der Waals surface area contributed by atoms with E-state index in [1.54, 1.807) is 4.40 Å². The van der Waals surface area contributed by atoms with E-state index in [1.165, 1.54) is 39.1 Å². The molecular weight excluding hydrogens is 1010 g/mol. The number of para-hydroxylation sites is 2. The normalized spacial score (nSPS) is 11.8. The second-order valence-electron chi connectivity index (χ2n) is 18.8. The van der Waals surface area contributed by atoms with Crippen LogP contribution in [0.3, 0.4) is 0 Å². The maximum Gasteiger partial charge on any atom is 0.216 e. The Bertz CT molecular complexity index is 3000. The third-order valence-electron chi connectivity index (χ3n) is 11.6. The number of aryl methyl sites for hydroxylation is 2. The molecule has 4 aromatic heterocycles. The van der Waals surface area contributed by atoms with Crippen molar-refractivity contribution in [3.63, 3.8) is 0 Å². The smallest absolute Gasteiger partial charge is 0.216 e. The number of imidazole rings is 1. The summed E-state index contributed by atoms with van der Waals surface area (Å²) in [6, 6.07) is 47.3. The Hall–Kier alpha value is -5.14. The first-order chi connectivity index (χ1) is 29.7. The molecule has 0 aliphatic heterocycles. The van der Waals surface area contributed by atoms with Crippen LogP contribution in [0, 0.1) is 31.9 Å². The van der Waals surface area contributed by atoms with Crippen molar-refractivity contribution in [2.45, 2.75) is 90.9 Å². The van der Waals surface area contributed by atoms with Crippen molar-refractivity contribution in [2.24, 2.45) is 5.92 Å². The summed E-state index contributed by atoms with van der Waals surface area (Å²) in [5.74, 6) is 9.40. The van der Waals surface area contributed by atoms with E-state index in [4.69, 9.17) is 14.4 Å². The molecule has 7 heteroatoms. The Kier molecular flexibility index (Phi) is 13.8. The van der Waals surface area contributed by atoms with Gasteiger partial charge in [-0.05, 0) is 77.4 Å². The van der Waals surface area contributed by atoms with Gasteiger partial charge >= 0.3 is 132 Å². The van der Waals surface area contributed by atoms with Crippen molar-refractivity contribution in [1.29, 1.82) is 0 Å². The fourth-order valence-corrected chi connectivity index (χ4v) is 11.8. The number of aromatic nitrogens is 4. The standard InChI is InChI=1S/C37H32N3O.C19H26GeN.Ir/c1-22(2)30-20-26(25-12-7-6-8-13-25)21-31(23(3)4)34(30)40-33-17-10-9-16-32(33)39-36(40)29-15-11-14-27-28-19-18-24(5)38-37(28)41-35(27)29;1-14(2)11-17-12-19(16-9-7-15(3)8-10-16)21-13-18(17)20(4,5)6;/h6-14,16-23H,1-5H3;7-9,12-14H,11H2,1-6H3;/q2*-1;. The minimum Gasteiger partial charge on any atom is -0.486 e. The van der Waals surface area contributed by atoms with E-state index >= 15 is 0 Å². The Labute approximate surface area is 390 Å². The van der Waals surface area contributed by atoms with Crippen LogP contribution in [0.2, 0.25) is 17.3 Å². The van der Waals surface area contributed by atoms with Crippen LogP contribution >= 0.6 is 0 Å². The SMILES string of the molecule is Cc1c[c-]c(-c2cc(CC(C)C)[c]([Ge]([CH3])([CH3])[CH3])cn2)cc1.Cc1ccc2c(n1)oc1c(-c3nc4ccccc4n3-c3c(C(C)C)cc(-c4ccccc4)cc3C(C)C)[c-]ccc12.[Ir]. The van der Waals surface area contributed by atoms with Crippen molar-refractivity contribution in [3.05, 3.63) is 162 Å². The van der Waals surface area contributed by atoms with Gasteiger partial charge in [0.1, 0.15) is 0 Å². The Morgan fingerprint density at radius 3 is 2.06 bits per heavy atom. The number of pyridine rings is 2. The van der Waals surface area contributed by atoms with E-state index < -0.39 is 13.3 Å². The average molecular weight is 1070 g/mol. The molecule has 0 atom stereocenters. The zero-order chi connectivity index (χ0) is 43.9. The molecule has 0 fully saturated rings. The van der Waals surface area contributed by atoms with Gasteiger partial charge < -0.3 is 8.98 Å². The Morgan fingerprint density at radius 1 is 0.714 bits per heavy atom. The van der Waals surface area contributed by atoms with E-state index in [-0.39, 0.29) is 20.1 Å². The van der Waals surface area contributed by atoms with Crippen LogP contribution in [-0.4, -0.2) is 32.8 Å². The molecule has 0 amide bonds. The van der Waals surface area contributed by atoms with Gasteiger partial charge in [-0.15, -0.1) is 18.2 Å². The molecule has 0 unspecified atom stereocenters. The fraction of sp³-hybridized carbons (Fsp3) is 0.268. The van der Waals surface area contributed by atoms with E-state index in [0.717, 1.165) is 62.1 Å². The largest absolute Gasteiger partial charge is 0.486 e. The number of furan rings is 1. The quantitative estimate of drug-likeness (QED) is 0.107. The maximum atomic E-state index is 6.44. The molecule has 5 aromatic carbocycles. The van der Waals surface area contributed by atoms with Crippen molar-refractivity contribution in [3.8, 4) is 39.5 Å². The number of benzene rings is 5. The Balaban J connectivity index is 0.000000229. The molecule has 1 radical (unpaired) electrons. The van der Waals surface area contributed by atoms with Crippen LogP contribution in [0.4, 0.5) is 0 Å². The monoisotopic (exact) mass is 1070 g/mol. The van der Waals surface area contributed by atoms with Gasteiger partial charge in [0, 0.05) is 36.9 Å². The number of hydrogen-bond donors (Lipinski definition) is 0.